The number of methoxy groups -OCH3 is 1. The van der Waals surface area contributed by atoms with Crippen molar-refractivity contribution in [1.29, 1.82) is 5.26 Å². The summed E-state index contributed by atoms with van der Waals surface area (Å²) in [5.41, 5.74) is 9.43. The number of nitrogens with two attached hydrogens (primary N) is 1. The van der Waals surface area contributed by atoms with Gasteiger partial charge in [-0.25, -0.2) is 0 Å². The van der Waals surface area contributed by atoms with E-state index in [2.05, 4.69) is 16.3 Å². The number of phenolic OH excluding ortho intramolecular Hbond substituents is 1. The minimum atomic E-state index is -0.412. The summed E-state index contributed by atoms with van der Waals surface area (Å²) in [7, 11) is 1.52. The summed E-state index contributed by atoms with van der Waals surface area (Å²) < 4.78 is 11.2. The van der Waals surface area contributed by atoms with Crippen LogP contribution in [0.3, 0.4) is 0 Å². The lowest BCUT2D eigenvalue weighted by atomic mass is 9.48. The lowest BCUT2D eigenvalue weighted by Crippen LogP contribution is -2.49. The van der Waals surface area contributed by atoms with Gasteiger partial charge in [0.25, 0.3) is 0 Å². The second-order valence-corrected chi connectivity index (χ2v) is 9.87. The van der Waals surface area contributed by atoms with E-state index >= 15 is 0 Å². The number of hydrogen-bond donors (Lipinski definition) is 3. The fourth-order valence-corrected chi connectivity index (χ4v) is 7.27. The number of aromatic amines is 1. The molecule has 2 heterocycles. The molecule has 0 radical (unpaired) electrons. The molecule has 0 amide bonds. The molecule has 1 aromatic heterocycles. The number of benzene rings is 1. The fraction of sp³-hybridized carbons (Fsp3) is 0.500. The van der Waals surface area contributed by atoms with E-state index in [0.29, 0.717) is 17.2 Å². The van der Waals surface area contributed by atoms with E-state index in [9.17, 15) is 10.4 Å². The van der Waals surface area contributed by atoms with Gasteiger partial charge in [-0.1, -0.05) is 6.07 Å². The molecule has 1 aromatic carbocycles. The summed E-state index contributed by atoms with van der Waals surface area (Å²) in [5.74, 6) is 2.87. The molecule has 4 N–H and O–H groups in total. The summed E-state index contributed by atoms with van der Waals surface area (Å²) in [6.07, 6.45) is 7.55. The number of ether oxygens (including phenoxy) is 2. The molecular formula is C24H26N4O3. The average molecular weight is 418 g/mol. The molecular weight excluding hydrogens is 392 g/mol. The Morgan fingerprint density at radius 1 is 1.23 bits per heavy atom. The molecule has 2 aromatic rings. The number of nitrogens with zero attached hydrogens (tertiary/aromatic N) is 2. The van der Waals surface area contributed by atoms with Crippen LogP contribution >= 0.6 is 0 Å². The van der Waals surface area contributed by atoms with Crippen molar-refractivity contribution in [1.82, 2.24) is 10.2 Å². The van der Waals surface area contributed by atoms with Gasteiger partial charge in [-0.3, -0.25) is 5.10 Å². The highest BCUT2D eigenvalue weighted by Crippen LogP contribution is 2.62. The van der Waals surface area contributed by atoms with Gasteiger partial charge >= 0.3 is 0 Å². The lowest BCUT2D eigenvalue weighted by molar-refractivity contribution is -0.00768. The largest absolute Gasteiger partial charge is 0.504 e. The SMILES string of the molecule is COc1cc([C@H]2C(C#N)=C(N)Oc3n[nH]c(C45CC6CC(CC(C6)C4)C5)c32)ccc1O. The monoisotopic (exact) mass is 418 g/mol. The molecule has 5 aliphatic rings. The number of phenols is 1. The molecule has 0 unspecified atom stereocenters. The van der Waals surface area contributed by atoms with Gasteiger partial charge in [-0.05, 0) is 74.0 Å². The number of nitrogens with one attached hydrogen (secondary N) is 1. The highest BCUT2D eigenvalue weighted by molar-refractivity contribution is 5.58. The van der Waals surface area contributed by atoms with Crippen LogP contribution in [0.2, 0.25) is 0 Å². The molecule has 31 heavy (non-hydrogen) atoms. The number of fused-ring (bicyclic) bond motifs is 1. The molecule has 4 bridgehead atoms. The Bertz CT molecular complexity index is 1110. The zero-order valence-electron chi connectivity index (χ0n) is 17.5. The molecule has 0 spiro atoms. The maximum absolute atomic E-state index is 10.1. The molecule has 4 fully saturated rings. The Kier molecular flexibility index (Phi) is 3.86. The zero-order chi connectivity index (χ0) is 21.3. The molecule has 4 aliphatic carbocycles. The molecule has 7 heteroatoms. The average Bonchev–Trinajstić information content (AvgIpc) is 3.16. The van der Waals surface area contributed by atoms with Crippen LogP contribution in [0.4, 0.5) is 0 Å². The summed E-state index contributed by atoms with van der Waals surface area (Å²) in [5, 5.41) is 27.9. The third-order valence-corrected chi connectivity index (χ3v) is 8.04. The number of allylic oxidation sites excluding steroid dienone is 1. The van der Waals surface area contributed by atoms with Gasteiger partial charge in [-0.15, -0.1) is 5.10 Å². The number of hydrogen-bond acceptors (Lipinski definition) is 6. The minimum Gasteiger partial charge on any atom is -0.504 e. The summed E-state index contributed by atoms with van der Waals surface area (Å²) in [6, 6.07) is 7.46. The predicted molar refractivity (Wildman–Crippen MR) is 112 cm³/mol. The van der Waals surface area contributed by atoms with E-state index in [0.717, 1.165) is 34.6 Å². The number of rotatable bonds is 3. The molecule has 4 saturated carbocycles. The maximum Gasteiger partial charge on any atom is 0.244 e. The van der Waals surface area contributed by atoms with Crippen LogP contribution in [0.15, 0.2) is 29.7 Å². The first-order valence-corrected chi connectivity index (χ1v) is 11.0. The highest BCUT2D eigenvalue weighted by Gasteiger charge is 2.54. The molecule has 0 saturated heterocycles. The zero-order valence-corrected chi connectivity index (χ0v) is 17.5. The standard InChI is InChI=1S/C24H26N4O3/c1-30-18-7-15(2-3-17(18)29)19-16(11-25)22(26)31-23-20(19)21(27-28-23)24-8-12-4-13(9-24)6-14(5-12)10-24/h2-3,7,12-14,19,29H,4-6,8-10,26H2,1H3,(H,27,28)/t12?,13?,14?,19-,24?/m0/s1. The third-order valence-electron chi connectivity index (χ3n) is 8.04. The van der Waals surface area contributed by atoms with E-state index < -0.39 is 5.92 Å². The second-order valence-electron chi connectivity index (χ2n) is 9.87. The third kappa shape index (κ3) is 2.60. The van der Waals surface area contributed by atoms with Crippen LogP contribution in [-0.2, 0) is 5.41 Å². The van der Waals surface area contributed by atoms with Crippen molar-refractivity contribution in [2.45, 2.75) is 49.9 Å². The van der Waals surface area contributed by atoms with E-state index in [-0.39, 0.29) is 17.0 Å². The molecule has 1 aliphatic heterocycles. The first kappa shape index (κ1) is 18.6. The highest BCUT2D eigenvalue weighted by atomic mass is 16.5. The van der Waals surface area contributed by atoms with Crippen molar-refractivity contribution in [3.8, 4) is 23.4 Å². The van der Waals surface area contributed by atoms with Gasteiger partial charge in [0.2, 0.25) is 11.8 Å². The van der Waals surface area contributed by atoms with E-state index in [1.54, 1.807) is 12.1 Å². The quantitative estimate of drug-likeness (QED) is 0.698. The molecule has 1 atom stereocenters. The van der Waals surface area contributed by atoms with Crippen LogP contribution < -0.4 is 15.2 Å². The summed E-state index contributed by atoms with van der Waals surface area (Å²) >= 11 is 0. The van der Waals surface area contributed by atoms with Crippen molar-refractivity contribution < 1.29 is 14.6 Å². The number of H-pyrrole nitrogens is 1. The van der Waals surface area contributed by atoms with Gasteiger partial charge in [0.15, 0.2) is 11.5 Å². The Hall–Kier alpha value is -3.14. The topological polar surface area (TPSA) is 117 Å². The van der Waals surface area contributed by atoms with Crippen molar-refractivity contribution >= 4 is 0 Å². The lowest BCUT2D eigenvalue weighted by Gasteiger charge is -2.56. The van der Waals surface area contributed by atoms with Crippen molar-refractivity contribution in [2.75, 3.05) is 7.11 Å². The van der Waals surface area contributed by atoms with Gasteiger partial charge in [0, 0.05) is 11.1 Å². The van der Waals surface area contributed by atoms with Crippen LogP contribution in [0, 0.1) is 29.1 Å². The summed E-state index contributed by atoms with van der Waals surface area (Å²) in [6.45, 7) is 0. The Labute approximate surface area is 180 Å². The molecule has 160 valence electrons. The van der Waals surface area contributed by atoms with Crippen molar-refractivity contribution in [3.05, 3.63) is 46.5 Å². The smallest absolute Gasteiger partial charge is 0.244 e. The normalized spacial score (nSPS) is 33.0. The van der Waals surface area contributed by atoms with Crippen LogP contribution in [0.5, 0.6) is 17.4 Å². The van der Waals surface area contributed by atoms with E-state index in [4.69, 9.17) is 15.2 Å². The van der Waals surface area contributed by atoms with Crippen molar-refractivity contribution in [2.24, 2.45) is 23.5 Å². The predicted octanol–water partition coefficient (Wildman–Crippen LogP) is 3.81. The molecule has 7 rings (SSSR count). The van der Waals surface area contributed by atoms with Crippen LogP contribution in [0.25, 0.3) is 0 Å². The van der Waals surface area contributed by atoms with Crippen molar-refractivity contribution in [3.63, 3.8) is 0 Å². The first-order chi connectivity index (χ1) is 15.0. The Morgan fingerprint density at radius 2 is 1.90 bits per heavy atom. The van der Waals surface area contributed by atoms with Gasteiger partial charge in [-0.2, -0.15) is 5.26 Å². The Morgan fingerprint density at radius 3 is 2.52 bits per heavy atom. The number of nitriles is 1. The van der Waals surface area contributed by atoms with Crippen LogP contribution in [-0.4, -0.2) is 22.4 Å². The van der Waals surface area contributed by atoms with E-state index in [1.165, 1.54) is 45.6 Å². The maximum atomic E-state index is 10.1. The van der Waals surface area contributed by atoms with E-state index in [1.807, 2.05) is 6.07 Å². The van der Waals surface area contributed by atoms with Gasteiger partial charge in [0.1, 0.15) is 11.6 Å². The first-order valence-electron chi connectivity index (χ1n) is 11.0. The van der Waals surface area contributed by atoms with Gasteiger partial charge < -0.3 is 20.3 Å². The van der Waals surface area contributed by atoms with Crippen LogP contribution in [0.1, 0.15) is 61.3 Å². The van der Waals surface area contributed by atoms with Gasteiger partial charge in [0.05, 0.1) is 18.6 Å². The summed E-state index contributed by atoms with van der Waals surface area (Å²) in [4.78, 5) is 0. The second kappa shape index (κ2) is 6.43. The molecule has 7 nitrogen and oxygen atoms in total. The fourth-order valence-electron chi connectivity index (χ4n) is 7.27. The minimum absolute atomic E-state index is 0.0579. The number of aromatic nitrogens is 2. The number of aromatic hydroxyl groups is 1. The Balaban J connectivity index is 1.53.